The Morgan fingerprint density at radius 1 is 1.22 bits per heavy atom. The fraction of sp³-hybridized carbons (Fsp3) is 0.316. The molecule has 0 aliphatic carbocycles. The molecule has 0 saturated heterocycles. The summed E-state index contributed by atoms with van der Waals surface area (Å²) in [5.41, 5.74) is 1.35. The molecule has 1 aliphatic heterocycles. The minimum atomic E-state index is -3.52. The van der Waals surface area contributed by atoms with Gasteiger partial charge in [-0.3, -0.25) is 9.10 Å². The summed E-state index contributed by atoms with van der Waals surface area (Å²) in [6, 6.07) is 14.2. The number of para-hydroxylation sites is 2. The van der Waals surface area contributed by atoms with Gasteiger partial charge in [-0.25, -0.2) is 8.42 Å². The molecule has 144 valence electrons. The first kappa shape index (κ1) is 19.0. The Bertz CT molecular complexity index is 912. The molecule has 0 unspecified atom stereocenters. The van der Waals surface area contributed by atoms with Crippen LogP contribution in [-0.4, -0.2) is 39.8 Å². The molecule has 1 aliphatic rings. The SMILES string of the molecule is CCOc1ccc(CNC(=O)[C@@H]2CN(S(C)(=O)=O)c3ccccc3O2)cc1. The molecule has 1 atom stereocenters. The standard InChI is InChI=1S/C19H22N2O5S/c1-3-25-15-10-8-14(9-11-15)12-20-19(22)18-13-21(27(2,23)24)16-6-4-5-7-17(16)26-18/h4-11,18H,3,12-13H2,1-2H3,(H,20,22)/t18-/m0/s1. The van der Waals surface area contributed by atoms with Gasteiger partial charge in [0.25, 0.3) is 5.91 Å². The van der Waals surface area contributed by atoms with Crippen molar-refractivity contribution in [3.05, 3.63) is 54.1 Å². The van der Waals surface area contributed by atoms with Gasteiger partial charge >= 0.3 is 0 Å². The van der Waals surface area contributed by atoms with E-state index in [0.29, 0.717) is 24.6 Å². The van der Waals surface area contributed by atoms with Crippen molar-refractivity contribution in [2.45, 2.75) is 19.6 Å². The van der Waals surface area contributed by atoms with Crippen LogP contribution in [0.3, 0.4) is 0 Å². The molecule has 2 aromatic carbocycles. The highest BCUT2D eigenvalue weighted by Crippen LogP contribution is 2.34. The van der Waals surface area contributed by atoms with Crippen molar-refractivity contribution in [2.75, 3.05) is 23.7 Å². The third kappa shape index (κ3) is 4.51. The lowest BCUT2D eigenvalue weighted by Crippen LogP contribution is -2.50. The fourth-order valence-corrected chi connectivity index (χ4v) is 3.74. The first-order valence-electron chi connectivity index (χ1n) is 8.61. The molecule has 0 fully saturated rings. The summed E-state index contributed by atoms with van der Waals surface area (Å²) in [7, 11) is -3.52. The average Bonchev–Trinajstić information content (AvgIpc) is 2.65. The van der Waals surface area contributed by atoms with E-state index in [1.54, 1.807) is 24.3 Å². The molecule has 0 radical (unpaired) electrons. The van der Waals surface area contributed by atoms with Crippen molar-refractivity contribution in [3.8, 4) is 11.5 Å². The Balaban J connectivity index is 1.68. The number of carbonyl (C=O) groups is 1. The minimum Gasteiger partial charge on any atom is -0.494 e. The molecule has 1 heterocycles. The molecule has 27 heavy (non-hydrogen) atoms. The van der Waals surface area contributed by atoms with Crippen molar-refractivity contribution in [1.82, 2.24) is 5.32 Å². The highest BCUT2D eigenvalue weighted by atomic mass is 32.2. The van der Waals surface area contributed by atoms with E-state index in [9.17, 15) is 13.2 Å². The summed E-state index contributed by atoms with van der Waals surface area (Å²) in [5, 5.41) is 2.80. The normalized spacial score (nSPS) is 16.2. The number of carbonyl (C=O) groups excluding carboxylic acids is 1. The van der Waals surface area contributed by atoms with Crippen LogP contribution in [-0.2, 0) is 21.4 Å². The lowest BCUT2D eigenvalue weighted by molar-refractivity contribution is -0.127. The minimum absolute atomic E-state index is 0.0645. The smallest absolute Gasteiger partial charge is 0.263 e. The van der Waals surface area contributed by atoms with Gasteiger partial charge < -0.3 is 14.8 Å². The molecule has 0 spiro atoms. The summed E-state index contributed by atoms with van der Waals surface area (Å²) in [5.74, 6) is 0.769. The summed E-state index contributed by atoms with van der Waals surface area (Å²) >= 11 is 0. The maximum atomic E-state index is 12.5. The number of nitrogens with one attached hydrogen (secondary N) is 1. The summed E-state index contributed by atoms with van der Waals surface area (Å²) in [4.78, 5) is 12.5. The van der Waals surface area contributed by atoms with E-state index in [-0.39, 0.29) is 12.5 Å². The molecule has 7 nitrogen and oxygen atoms in total. The van der Waals surface area contributed by atoms with Crippen LogP contribution in [0.5, 0.6) is 11.5 Å². The van der Waals surface area contributed by atoms with Crippen LogP contribution in [0.25, 0.3) is 0 Å². The van der Waals surface area contributed by atoms with Crippen molar-refractivity contribution in [2.24, 2.45) is 0 Å². The Labute approximate surface area is 158 Å². The number of nitrogens with zero attached hydrogens (tertiary/aromatic N) is 1. The van der Waals surface area contributed by atoms with Crippen LogP contribution in [0.15, 0.2) is 48.5 Å². The molecule has 1 amide bonds. The number of fused-ring (bicyclic) bond motifs is 1. The zero-order chi connectivity index (χ0) is 19.4. The maximum absolute atomic E-state index is 12.5. The number of benzene rings is 2. The first-order valence-corrected chi connectivity index (χ1v) is 10.5. The van der Waals surface area contributed by atoms with Gasteiger partial charge in [-0.15, -0.1) is 0 Å². The number of sulfonamides is 1. The highest BCUT2D eigenvalue weighted by molar-refractivity contribution is 7.92. The monoisotopic (exact) mass is 390 g/mol. The van der Waals surface area contributed by atoms with E-state index in [2.05, 4.69) is 5.32 Å². The topological polar surface area (TPSA) is 84.9 Å². The quantitative estimate of drug-likeness (QED) is 0.815. The van der Waals surface area contributed by atoms with Gasteiger partial charge in [0.1, 0.15) is 11.5 Å². The van der Waals surface area contributed by atoms with Crippen molar-refractivity contribution < 1.29 is 22.7 Å². The van der Waals surface area contributed by atoms with E-state index in [0.717, 1.165) is 17.6 Å². The number of amides is 1. The van der Waals surface area contributed by atoms with Gasteiger partial charge in [-0.1, -0.05) is 24.3 Å². The number of ether oxygens (including phenoxy) is 2. The van der Waals surface area contributed by atoms with Gasteiger partial charge in [0.15, 0.2) is 6.10 Å². The molecule has 0 bridgehead atoms. The van der Waals surface area contributed by atoms with Crippen LogP contribution in [0, 0.1) is 0 Å². The van der Waals surface area contributed by atoms with Gasteiger partial charge in [0.05, 0.1) is 25.1 Å². The van der Waals surface area contributed by atoms with Crippen LogP contribution in [0.1, 0.15) is 12.5 Å². The van der Waals surface area contributed by atoms with Crippen LogP contribution in [0.2, 0.25) is 0 Å². The number of hydrogen-bond donors (Lipinski definition) is 1. The average molecular weight is 390 g/mol. The Hall–Kier alpha value is -2.74. The third-order valence-electron chi connectivity index (χ3n) is 4.13. The predicted molar refractivity (Wildman–Crippen MR) is 103 cm³/mol. The molecule has 8 heteroatoms. The second kappa shape index (κ2) is 7.87. The third-order valence-corrected chi connectivity index (χ3v) is 5.28. The van der Waals surface area contributed by atoms with Crippen LogP contribution < -0.4 is 19.1 Å². The number of rotatable bonds is 6. The molecular formula is C19H22N2O5S. The van der Waals surface area contributed by atoms with Crippen LogP contribution >= 0.6 is 0 Å². The van der Waals surface area contributed by atoms with E-state index >= 15 is 0 Å². The highest BCUT2D eigenvalue weighted by Gasteiger charge is 2.34. The van der Waals surface area contributed by atoms with Crippen molar-refractivity contribution >= 4 is 21.6 Å². The fourth-order valence-electron chi connectivity index (χ4n) is 2.83. The molecule has 2 aromatic rings. The van der Waals surface area contributed by atoms with Gasteiger partial charge in [-0.2, -0.15) is 0 Å². The molecule has 1 N–H and O–H groups in total. The first-order chi connectivity index (χ1) is 12.9. The van der Waals surface area contributed by atoms with Crippen molar-refractivity contribution in [1.29, 1.82) is 0 Å². The maximum Gasteiger partial charge on any atom is 0.263 e. The van der Waals surface area contributed by atoms with Gasteiger partial charge in [0, 0.05) is 6.54 Å². The second-order valence-corrected chi connectivity index (χ2v) is 8.07. The zero-order valence-electron chi connectivity index (χ0n) is 15.2. The lowest BCUT2D eigenvalue weighted by atomic mass is 10.2. The van der Waals surface area contributed by atoms with E-state index < -0.39 is 16.1 Å². The lowest BCUT2D eigenvalue weighted by Gasteiger charge is -2.33. The van der Waals surface area contributed by atoms with E-state index in [1.807, 2.05) is 31.2 Å². The molecular weight excluding hydrogens is 368 g/mol. The summed E-state index contributed by atoms with van der Waals surface area (Å²) in [6.07, 6.45) is 0.196. The van der Waals surface area contributed by atoms with Gasteiger partial charge in [0.2, 0.25) is 10.0 Å². The molecule has 0 saturated carbocycles. The number of hydrogen-bond acceptors (Lipinski definition) is 5. The van der Waals surface area contributed by atoms with E-state index in [1.165, 1.54) is 4.31 Å². The Kier molecular flexibility index (Phi) is 5.55. The van der Waals surface area contributed by atoms with E-state index in [4.69, 9.17) is 9.47 Å². The summed E-state index contributed by atoms with van der Waals surface area (Å²) < 4.78 is 36.5. The van der Waals surface area contributed by atoms with Crippen molar-refractivity contribution in [3.63, 3.8) is 0 Å². The largest absolute Gasteiger partial charge is 0.494 e. The molecule has 0 aromatic heterocycles. The second-order valence-electron chi connectivity index (χ2n) is 6.16. The Morgan fingerprint density at radius 3 is 2.59 bits per heavy atom. The molecule has 3 rings (SSSR count). The summed E-state index contributed by atoms with van der Waals surface area (Å²) in [6.45, 7) is 2.75. The zero-order valence-corrected chi connectivity index (χ0v) is 16.0. The predicted octanol–water partition coefficient (Wildman–Crippen LogP) is 1.93. The van der Waals surface area contributed by atoms with Crippen LogP contribution in [0.4, 0.5) is 5.69 Å². The van der Waals surface area contributed by atoms with Gasteiger partial charge in [-0.05, 0) is 36.8 Å². The number of anilines is 1. The Morgan fingerprint density at radius 2 is 1.93 bits per heavy atom.